The van der Waals surface area contributed by atoms with Gasteiger partial charge in [-0.2, -0.15) is 0 Å². The maximum atomic E-state index is 12.8. The molecular weight excluding hydrogens is 783 g/mol. The van der Waals surface area contributed by atoms with Crippen molar-refractivity contribution in [2.24, 2.45) is 5.92 Å². The second-order valence-electron chi connectivity index (χ2n) is 20.2. The molecule has 0 aromatic carbocycles. The van der Waals surface area contributed by atoms with E-state index in [1.54, 1.807) is 0 Å². The van der Waals surface area contributed by atoms with Crippen LogP contribution in [0.4, 0.5) is 0 Å². The summed E-state index contributed by atoms with van der Waals surface area (Å²) in [6.45, 7) is 13.9. The maximum absolute atomic E-state index is 12.8. The Morgan fingerprint density at radius 1 is 0.571 bits per heavy atom. The Morgan fingerprint density at radius 2 is 0.968 bits per heavy atom. The fourth-order valence-corrected chi connectivity index (χ4v) is 9.66. The van der Waals surface area contributed by atoms with Crippen LogP contribution in [0.25, 0.3) is 0 Å². The lowest BCUT2D eigenvalue weighted by molar-refractivity contribution is -0.182. The molecule has 2 saturated heterocycles. The molecule has 0 amide bonds. The van der Waals surface area contributed by atoms with E-state index in [1.165, 1.54) is 173 Å². The number of rotatable bonds is 45. The van der Waals surface area contributed by atoms with Crippen LogP contribution in [0.15, 0.2) is 12.2 Å². The molecule has 0 aromatic heterocycles. The van der Waals surface area contributed by atoms with E-state index >= 15 is 0 Å². The number of unbranched alkanes of at least 4 members (excludes halogenated alkanes) is 26. The van der Waals surface area contributed by atoms with Crippen molar-refractivity contribution in [2.75, 3.05) is 46.6 Å². The van der Waals surface area contributed by atoms with Gasteiger partial charge in [0.2, 0.25) is 0 Å². The minimum Gasteiger partial charge on any atom is -0.462 e. The van der Waals surface area contributed by atoms with E-state index in [0.29, 0.717) is 25.6 Å². The highest BCUT2D eigenvalue weighted by Crippen LogP contribution is 2.37. The summed E-state index contributed by atoms with van der Waals surface area (Å²) in [4.78, 5) is 15.3. The third kappa shape index (κ3) is 33.2. The van der Waals surface area contributed by atoms with Crippen LogP contribution in [0.2, 0.25) is 0 Å². The second-order valence-corrected chi connectivity index (χ2v) is 20.2. The Balaban J connectivity index is 1.61. The molecule has 0 aliphatic carbocycles. The Kier molecular flexibility index (Phi) is 38.0. The monoisotopic (exact) mass is 890 g/mol. The molecule has 0 bridgehead atoms. The van der Waals surface area contributed by atoms with Crippen molar-refractivity contribution in [2.45, 2.75) is 289 Å². The van der Waals surface area contributed by atoms with Gasteiger partial charge in [0.05, 0.1) is 13.2 Å². The Labute approximate surface area is 392 Å². The summed E-state index contributed by atoms with van der Waals surface area (Å²) in [5, 5.41) is 0. The van der Waals surface area contributed by atoms with Gasteiger partial charge in [-0.25, -0.2) is 0 Å². The minimum atomic E-state index is -0.574. The van der Waals surface area contributed by atoms with Gasteiger partial charge in [-0.3, -0.25) is 4.79 Å². The molecule has 7 nitrogen and oxygen atoms in total. The van der Waals surface area contributed by atoms with Crippen molar-refractivity contribution in [3.8, 4) is 0 Å². The number of allylic oxidation sites excluding steroid dienone is 2. The van der Waals surface area contributed by atoms with Gasteiger partial charge < -0.3 is 28.6 Å². The van der Waals surface area contributed by atoms with Crippen LogP contribution in [-0.2, 0) is 28.5 Å². The van der Waals surface area contributed by atoms with Crippen molar-refractivity contribution in [3.05, 3.63) is 12.2 Å². The van der Waals surface area contributed by atoms with Gasteiger partial charge in [-0.15, -0.1) is 0 Å². The number of nitrogens with zero attached hydrogens (tertiary/aromatic N) is 1. The first-order chi connectivity index (χ1) is 30.9. The van der Waals surface area contributed by atoms with Crippen molar-refractivity contribution in [3.63, 3.8) is 0 Å². The number of esters is 1. The van der Waals surface area contributed by atoms with E-state index in [0.717, 1.165) is 84.1 Å². The van der Waals surface area contributed by atoms with Crippen LogP contribution >= 0.6 is 0 Å². The summed E-state index contributed by atoms with van der Waals surface area (Å²) in [5.41, 5.74) is 0. The third-order valence-corrected chi connectivity index (χ3v) is 13.8. The smallest absolute Gasteiger partial charge is 0.306 e. The molecule has 0 saturated carbocycles. The summed E-state index contributed by atoms with van der Waals surface area (Å²) >= 11 is 0. The number of carbonyl (C=O) groups is 1. The lowest BCUT2D eigenvalue weighted by Gasteiger charge is -2.34. The van der Waals surface area contributed by atoms with Crippen molar-refractivity contribution in [1.82, 2.24) is 4.90 Å². The molecule has 2 fully saturated rings. The molecule has 0 radical (unpaired) electrons. The number of ether oxygens (including phenoxy) is 5. The molecule has 0 N–H and O–H groups in total. The average Bonchev–Trinajstić information content (AvgIpc) is 3.59. The normalized spacial score (nSPS) is 19.9. The first-order valence-electron chi connectivity index (χ1n) is 27.9. The van der Waals surface area contributed by atoms with E-state index in [9.17, 15) is 4.79 Å². The van der Waals surface area contributed by atoms with Gasteiger partial charge in [-0.05, 0) is 116 Å². The van der Waals surface area contributed by atoms with E-state index in [1.807, 2.05) is 0 Å². The highest BCUT2D eigenvalue weighted by Gasteiger charge is 2.45. The number of carbonyl (C=O) groups excluding carboxylic acids is 1. The van der Waals surface area contributed by atoms with Gasteiger partial charge in [-0.1, -0.05) is 174 Å². The molecule has 0 aromatic rings. The van der Waals surface area contributed by atoms with Crippen LogP contribution in [-0.4, -0.2) is 81.5 Å². The maximum Gasteiger partial charge on any atom is 0.306 e. The molecule has 7 heteroatoms. The van der Waals surface area contributed by atoms with Crippen LogP contribution in [0.5, 0.6) is 0 Å². The van der Waals surface area contributed by atoms with E-state index in [2.05, 4.69) is 51.8 Å². The first kappa shape index (κ1) is 58.1. The van der Waals surface area contributed by atoms with Gasteiger partial charge in [0.15, 0.2) is 5.79 Å². The summed E-state index contributed by atoms with van der Waals surface area (Å²) in [7, 11) is 2.22. The molecule has 3 unspecified atom stereocenters. The van der Waals surface area contributed by atoms with E-state index in [-0.39, 0.29) is 24.3 Å². The molecule has 0 spiro atoms. The second kappa shape index (κ2) is 41.2. The molecule has 3 atom stereocenters. The predicted octanol–water partition coefficient (Wildman–Crippen LogP) is 16.0. The highest BCUT2D eigenvalue weighted by atomic mass is 16.8. The molecule has 2 aliphatic heterocycles. The third-order valence-electron chi connectivity index (χ3n) is 13.8. The first-order valence-corrected chi connectivity index (χ1v) is 27.9. The minimum absolute atomic E-state index is 0.0171. The largest absolute Gasteiger partial charge is 0.462 e. The van der Waals surface area contributed by atoms with Gasteiger partial charge >= 0.3 is 5.97 Å². The van der Waals surface area contributed by atoms with Crippen molar-refractivity contribution in [1.29, 1.82) is 0 Å². The van der Waals surface area contributed by atoms with Crippen molar-refractivity contribution >= 4 is 5.97 Å². The Morgan fingerprint density at radius 3 is 1.43 bits per heavy atom. The molecule has 63 heavy (non-hydrogen) atoms. The van der Waals surface area contributed by atoms with E-state index < -0.39 is 5.79 Å². The Bertz CT molecular complexity index is 1020. The summed E-state index contributed by atoms with van der Waals surface area (Å²) in [6, 6.07) is 0. The van der Waals surface area contributed by atoms with Crippen LogP contribution in [0, 0.1) is 5.92 Å². The molecular formula is C56H107NO6. The zero-order valence-corrected chi connectivity index (χ0v) is 42.8. The fourth-order valence-electron chi connectivity index (χ4n) is 9.66. The standard InChI is InChI=1S/C56H107NO6/c1-6-9-12-15-18-19-20-21-22-23-24-25-26-27-32-37-46-59-49-53-54(63-56(4,62-53)48-51-42-44-57(5)45-43-51)50-60-47-38-33-28-31-36-41-55(58)61-52(39-34-29-16-13-10-7-2)40-35-30-17-14-11-8-3/h21-22,51-54H,6-20,23-50H2,1-5H3/b22-21-. The van der Waals surface area contributed by atoms with E-state index in [4.69, 9.17) is 23.7 Å². The average molecular weight is 890 g/mol. The highest BCUT2D eigenvalue weighted by molar-refractivity contribution is 5.69. The van der Waals surface area contributed by atoms with Gasteiger partial charge in [0.1, 0.15) is 18.3 Å². The molecule has 2 heterocycles. The lowest BCUT2D eigenvalue weighted by atomic mass is 9.90. The number of hydrogen-bond donors (Lipinski definition) is 0. The molecule has 2 rings (SSSR count). The SMILES string of the molecule is CCCCCCCC/C=C\CCCCCCCCOCC1OC(C)(CC2CCN(C)CC2)OC1COCCCCCCCC(=O)OC(CCCCCCCC)CCCCCCCC. The van der Waals surface area contributed by atoms with Gasteiger partial charge in [0, 0.05) is 26.1 Å². The zero-order chi connectivity index (χ0) is 45.3. The quantitative estimate of drug-likeness (QED) is 0.0343. The van der Waals surface area contributed by atoms with Crippen LogP contribution in [0.3, 0.4) is 0 Å². The van der Waals surface area contributed by atoms with Gasteiger partial charge in [0.25, 0.3) is 0 Å². The molecule has 372 valence electrons. The number of hydrogen-bond acceptors (Lipinski definition) is 7. The zero-order valence-electron chi connectivity index (χ0n) is 42.8. The number of piperidine rings is 1. The summed E-state index contributed by atoms with van der Waals surface area (Å²) < 4.78 is 31.9. The summed E-state index contributed by atoms with van der Waals surface area (Å²) in [5.74, 6) is 0.0750. The molecule has 2 aliphatic rings. The number of likely N-dealkylation sites (tertiary alicyclic amines) is 1. The van der Waals surface area contributed by atoms with Crippen molar-refractivity contribution < 1.29 is 28.5 Å². The predicted molar refractivity (Wildman–Crippen MR) is 268 cm³/mol. The Hall–Kier alpha value is -0.990. The van der Waals surface area contributed by atoms with Crippen LogP contribution in [0.1, 0.15) is 265 Å². The summed E-state index contributed by atoms with van der Waals surface area (Å²) in [6.07, 6.45) is 49.8. The topological polar surface area (TPSA) is 66.5 Å². The van der Waals surface area contributed by atoms with Crippen LogP contribution < -0.4 is 0 Å². The fraction of sp³-hybridized carbons (Fsp3) is 0.946. The lowest BCUT2D eigenvalue weighted by Crippen LogP contribution is -2.36.